The highest BCUT2D eigenvalue weighted by molar-refractivity contribution is 5.49. The lowest BCUT2D eigenvalue weighted by molar-refractivity contribution is 0.456. The van der Waals surface area contributed by atoms with E-state index in [-0.39, 0.29) is 11.6 Å². The monoisotopic (exact) mass is 305 g/mol. The van der Waals surface area contributed by atoms with Crippen LogP contribution in [-0.4, -0.2) is 0 Å². The number of nitrogens with one attached hydrogen (secondary N) is 1. The molecule has 2 aromatic rings. The lowest BCUT2D eigenvalue weighted by atomic mass is 10.1. The molecule has 21 heavy (non-hydrogen) atoms. The van der Waals surface area contributed by atoms with Crippen molar-refractivity contribution in [3.8, 4) is 0 Å². The molecule has 1 nitrogen and oxygen atoms in total. The fourth-order valence-electron chi connectivity index (χ4n) is 1.85. The summed E-state index contributed by atoms with van der Waals surface area (Å²) in [6, 6.07) is 1.63. The SMILES string of the molecule is CC(Nc1c(F)c(F)cc(F)c1F)c1ccc(F)cc1F. The van der Waals surface area contributed by atoms with Gasteiger partial charge in [-0.3, -0.25) is 0 Å². The van der Waals surface area contributed by atoms with Gasteiger partial charge in [-0.25, -0.2) is 26.3 Å². The lowest BCUT2D eigenvalue weighted by Gasteiger charge is -2.18. The Morgan fingerprint density at radius 2 is 1.38 bits per heavy atom. The van der Waals surface area contributed by atoms with E-state index in [0.29, 0.717) is 6.07 Å². The highest BCUT2D eigenvalue weighted by Crippen LogP contribution is 2.29. The van der Waals surface area contributed by atoms with Crippen molar-refractivity contribution in [2.75, 3.05) is 5.32 Å². The van der Waals surface area contributed by atoms with Gasteiger partial charge in [0, 0.05) is 17.7 Å². The van der Waals surface area contributed by atoms with Crippen molar-refractivity contribution < 1.29 is 26.3 Å². The molecule has 1 N–H and O–H groups in total. The second-order valence-corrected chi connectivity index (χ2v) is 4.38. The minimum atomic E-state index is -1.62. The maximum absolute atomic E-state index is 13.5. The minimum absolute atomic E-state index is 0.0684. The highest BCUT2D eigenvalue weighted by atomic mass is 19.2. The number of anilines is 1. The molecule has 2 aromatic carbocycles. The Labute approximate surface area is 116 Å². The van der Waals surface area contributed by atoms with Gasteiger partial charge in [-0.2, -0.15) is 0 Å². The second kappa shape index (κ2) is 5.67. The second-order valence-electron chi connectivity index (χ2n) is 4.38. The molecule has 2 rings (SSSR count). The zero-order valence-electron chi connectivity index (χ0n) is 10.7. The molecule has 0 amide bonds. The van der Waals surface area contributed by atoms with Gasteiger partial charge in [0.2, 0.25) is 0 Å². The van der Waals surface area contributed by atoms with Crippen LogP contribution in [0.1, 0.15) is 18.5 Å². The zero-order chi connectivity index (χ0) is 15.7. The first kappa shape index (κ1) is 15.2. The summed E-state index contributed by atoms with van der Waals surface area (Å²) in [5.41, 5.74) is -1.16. The van der Waals surface area contributed by atoms with Crippen LogP contribution in [0.15, 0.2) is 24.3 Å². The van der Waals surface area contributed by atoms with Crippen molar-refractivity contribution in [3.63, 3.8) is 0 Å². The van der Waals surface area contributed by atoms with Gasteiger partial charge in [0.05, 0.1) is 6.04 Å². The molecule has 0 aromatic heterocycles. The van der Waals surface area contributed by atoms with Crippen molar-refractivity contribution in [1.29, 1.82) is 0 Å². The standard InChI is InChI=1S/C14H9F6N/c1-6(8-3-2-7(15)4-9(8)16)21-14-12(19)10(17)5-11(18)13(14)20/h2-6,21H,1H3. The van der Waals surface area contributed by atoms with Gasteiger partial charge in [-0.05, 0) is 13.0 Å². The topological polar surface area (TPSA) is 12.0 Å². The molecule has 1 unspecified atom stereocenters. The molecule has 0 aliphatic rings. The Balaban J connectivity index is 2.38. The molecule has 0 radical (unpaired) electrons. The van der Waals surface area contributed by atoms with Crippen LogP contribution in [0.3, 0.4) is 0 Å². The van der Waals surface area contributed by atoms with Gasteiger partial charge >= 0.3 is 0 Å². The van der Waals surface area contributed by atoms with Crippen molar-refractivity contribution in [3.05, 3.63) is 64.7 Å². The first-order chi connectivity index (χ1) is 9.81. The third kappa shape index (κ3) is 2.96. The summed E-state index contributed by atoms with van der Waals surface area (Å²) in [6.07, 6.45) is 0. The van der Waals surface area contributed by atoms with Crippen LogP contribution in [0.4, 0.5) is 32.0 Å². The predicted molar refractivity (Wildman–Crippen MR) is 64.7 cm³/mol. The summed E-state index contributed by atoms with van der Waals surface area (Å²) in [5.74, 6) is -8.18. The van der Waals surface area contributed by atoms with Crippen LogP contribution in [0.25, 0.3) is 0 Å². The molecule has 0 saturated heterocycles. The molecule has 1 atom stereocenters. The summed E-state index contributed by atoms with van der Waals surface area (Å²) < 4.78 is 79.4. The lowest BCUT2D eigenvalue weighted by Crippen LogP contribution is -2.13. The molecule has 0 heterocycles. The maximum atomic E-state index is 13.5. The van der Waals surface area contributed by atoms with Gasteiger partial charge in [-0.1, -0.05) is 6.07 Å². The first-order valence-electron chi connectivity index (χ1n) is 5.85. The third-order valence-corrected chi connectivity index (χ3v) is 2.90. The van der Waals surface area contributed by atoms with E-state index in [9.17, 15) is 26.3 Å². The average molecular weight is 305 g/mol. The molecule has 0 aliphatic heterocycles. The van der Waals surface area contributed by atoms with Gasteiger partial charge in [0.15, 0.2) is 23.3 Å². The van der Waals surface area contributed by atoms with E-state index in [4.69, 9.17) is 0 Å². The molecule has 7 heteroatoms. The number of halogens is 6. The van der Waals surface area contributed by atoms with E-state index in [1.807, 2.05) is 0 Å². The molecule has 0 aliphatic carbocycles. The summed E-state index contributed by atoms with van der Waals surface area (Å²) in [4.78, 5) is 0. The van der Waals surface area contributed by atoms with Crippen LogP contribution in [0.5, 0.6) is 0 Å². The van der Waals surface area contributed by atoms with E-state index in [2.05, 4.69) is 5.32 Å². The number of rotatable bonds is 3. The van der Waals surface area contributed by atoms with E-state index >= 15 is 0 Å². The zero-order valence-corrected chi connectivity index (χ0v) is 10.7. The Morgan fingerprint density at radius 1 is 0.810 bits per heavy atom. The Bertz CT molecular complexity index is 659. The summed E-state index contributed by atoms with van der Waals surface area (Å²) >= 11 is 0. The Kier molecular flexibility index (Phi) is 4.11. The third-order valence-electron chi connectivity index (χ3n) is 2.90. The first-order valence-corrected chi connectivity index (χ1v) is 5.85. The summed E-state index contributed by atoms with van der Waals surface area (Å²) in [7, 11) is 0. The van der Waals surface area contributed by atoms with Crippen LogP contribution >= 0.6 is 0 Å². The molecule has 0 fully saturated rings. The molecule has 0 bridgehead atoms. The van der Waals surface area contributed by atoms with E-state index < -0.39 is 46.6 Å². The van der Waals surface area contributed by atoms with Crippen LogP contribution in [0, 0.1) is 34.9 Å². The highest BCUT2D eigenvalue weighted by Gasteiger charge is 2.22. The smallest absolute Gasteiger partial charge is 0.185 e. The molecule has 0 spiro atoms. The largest absolute Gasteiger partial charge is 0.373 e. The molecular weight excluding hydrogens is 296 g/mol. The van der Waals surface area contributed by atoms with Crippen LogP contribution < -0.4 is 5.32 Å². The Hall–Kier alpha value is -2.18. The molecule has 0 saturated carbocycles. The van der Waals surface area contributed by atoms with Crippen LogP contribution in [0.2, 0.25) is 0 Å². The normalized spacial score (nSPS) is 12.3. The number of hydrogen-bond acceptors (Lipinski definition) is 1. The Morgan fingerprint density at radius 3 is 1.90 bits per heavy atom. The van der Waals surface area contributed by atoms with Crippen molar-refractivity contribution >= 4 is 5.69 Å². The van der Waals surface area contributed by atoms with Crippen LogP contribution in [-0.2, 0) is 0 Å². The van der Waals surface area contributed by atoms with E-state index in [0.717, 1.165) is 12.1 Å². The molecular formula is C14H9F6N. The van der Waals surface area contributed by atoms with Crippen molar-refractivity contribution in [2.45, 2.75) is 13.0 Å². The average Bonchev–Trinajstić information content (AvgIpc) is 2.41. The summed E-state index contributed by atoms with van der Waals surface area (Å²) in [6.45, 7) is 1.30. The van der Waals surface area contributed by atoms with Gasteiger partial charge < -0.3 is 5.32 Å². The maximum Gasteiger partial charge on any atom is 0.185 e. The van der Waals surface area contributed by atoms with E-state index in [1.54, 1.807) is 0 Å². The van der Waals surface area contributed by atoms with Gasteiger partial charge in [-0.15, -0.1) is 0 Å². The number of benzene rings is 2. The fourth-order valence-corrected chi connectivity index (χ4v) is 1.85. The predicted octanol–water partition coefficient (Wildman–Crippen LogP) is 4.69. The number of hydrogen-bond donors (Lipinski definition) is 1. The van der Waals surface area contributed by atoms with Gasteiger partial charge in [0.1, 0.15) is 17.3 Å². The van der Waals surface area contributed by atoms with E-state index in [1.165, 1.54) is 6.92 Å². The van der Waals surface area contributed by atoms with Crippen molar-refractivity contribution in [1.82, 2.24) is 0 Å². The van der Waals surface area contributed by atoms with Gasteiger partial charge in [0.25, 0.3) is 0 Å². The fraction of sp³-hybridized carbons (Fsp3) is 0.143. The molecule has 112 valence electrons. The minimum Gasteiger partial charge on any atom is -0.373 e. The quantitative estimate of drug-likeness (QED) is 0.640. The van der Waals surface area contributed by atoms with Crippen molar-refractivity contribution in [2.24, 2.45) is 0 Å². The summed E-state index contributed by atoms with van der Waals surface area (Å²) in [5, 5.41) is 2.14.